The van der Waals surface area contributed by atoms with Crippen LogP contribution >= 0.6 is 0 Å². The summed E-state index contributed by atoms with van der Waals surface area (Å²) in [6.45, 7) is 7.47. The molecule has 2 saturated heterocycles. The van der Waals surface area contributed by atoms with E-state index in [1.54, 1.807) is 5.56 Å². The van der Waals surface area contributed by atoms with Crippen LogP contribution in [0.15, 0.2) is 18.2 Å². The van der Waals surface area contributed by atoms with E-state index < -0.39 is 0 Å². The number of hydrogen-bond acceptors (Lipinski definition) is 2. The number of hydrogen-bond donors (Lipinski definition) is 0. The molecule has 2 aliphatic rings. The van der Waals surface area contributed by atoms with Crippen LogP contribution in [0.1, 0.15) is 23.1 Å². The minimum Gasteiger partial charge on any atom is -0.305 e. The van der Waals surface area contributed by atoms with Gasteiger partial charge in [0.25, 0.3) is 0 Å². The summed E-state index contributed by atoms with van der Waals surface area (Å²) in [5.74, 6) is 0.881. The number of nitrogens with zero attached hydrogens (tertiary/aromatic N) is 2. The minimum absolute atomic E-state index is 0.833. The Kier molecular flexibility index (Phi) is 4.70. The molecule has 21 heavy (non-hydrogen) atoms. The van der Waals surface area contributed by atoms with E-state index >= 15 is 0 Å². The van der Waals surface area contributed by atoms with Gasteiger partial charge in [-0.05, 0) is 62.4 Å². The Morgan fingerprint density at radius 2 is 2.05 bits per heavy atom. The highest BCUT2D eigenvalue weighted by Crippen LogP contribution is 2.27. The van der Waals surface area contributed by atoms with Crippen LogP contribution in [-0.4, -0.2) is 56.9 Å². The topological polar surface area (TPSA) is 6.48 Å². The standard InChI is InChI=1S/C18H29BN2/c1-14-9-15(5-7-19)3-4-17(14)10-16-11-21(12-16)18-6-8-20(2)13-18/h3-4,9,16,18H,5-8,10-13,19H2,1-2H3. The number of aryl methyl sites for hydroxylation is 2. The molecule has 1 aromatic rings. The second-order valence-electron chi connectivity index (χ2n) is 7.24. The van der Waals surface area contributed by atoms with Gasteiger partial charge in [0.1, 0.15) is 7.85 Å². The molecule has 2 aliphatic heterocycles. The van der Waals surface area contributed by atoms with E-state index in [-0.39, 0.29) is 0 Å². The normalized spacial score (nSPS) is 24.4. The van der Waals surface area contributed by atoms with Crippen LogP contribution in [0.3, 0.4) is 0 Å². The molecule has 0 N–H and O–H groups in total. The molecule has 0 amide bonds. The van der Waals surface area contributed by atoms with Gasteiger partial charge >= 0.3 is 0 Å². The SMILES string of the molecule is BCCc1ccc(CC2CN(C3CCN(C)C3)C2)c(C)c1. The zero-order chi connectivity index (χ0) is 14.8. The maximum absolute atomic E-state index is 2.70. The van der Waals surface area contributed by atoms with Crippen LogP contribution in [0.25, 0.3) is 0 Å². The fourth-order valence-electron chi connectivity index (χ4n) is 3.99. The van der Waals surface area contributed by atoms with Crippen LogP contribution in [0.2, 0.25) is 6.32 Å². The number of rotatable bonds is 5. The third-order valence-corrected chi connectivity index (χ3v) is 5.32. The second-order valence-corrected chi connectivity index (χ2v) is 7.24. The van der Waals surface area contributed by atoms with Crippen molar-refractivity contribution in [2.75, 3.05) is 33.2 Å². The van der Waals surface area contributed by atoms with Crippen molar-refractivity contribution in [2.24, 2.45) is 5.92 Å². The molecule has 0 aromatic heterocycles. The Morgan fingerprint density at radius 3 is 2.67 bits per heavy atom. The van der Waals surface area contributed by atoms with E-state index in [9.17, 15) is 0 Å². The molecule has 1 aromatic carbocycles. The average Bonchev–Trinajstić information content (AvgIpc) is 2.82. The smallest absolute Gasteiger partial charge is 0.101 e. The highest BCUT2D eigenvalue weighted by Gasteiger charge is 2.34. The second kappa shape index (κ2) is 6.54. The molecule has 2 fully saturated rings. The molecule has 1 unspecified atom stereocenters. The molecule has 114 valence electrons. The first-order chi connectivity index (χ1) is 10.2. The lowest BCUT2D eigenvalue weighted by atomic mass is 9.87. The van der Waals surface area contributed by atoms with Gasteiger partial charge < -0.3 is 4.90 Å². The van der Waals surface area contributed by atoms with Crippen molar-refractivity contribution < 1.29 is 0 Å². The van der Waals surface area contributed by atoms with Gasteiger partial charge in [-0.15, -0.1) is 0 Å². The quantitative estimate of drug-likeness (QED) is 0.760. The summed E-state index contributed by atoms with van der Waals surface area (Å²) >= 11 is 0. The van der Waals surface area contributed by atoms with Crippen LogP contribution in [0.4, 0.5) is 0 Å². The van der Waals surface area contributed by atoms with Gasteiger partial charge in [0.2, 0.25) is 0 Å². The summed E-state index contributed by atoms with van der Waals surface area (Å²) in [4.78, 5) is 5.17. The first kappa shape index (κ1) is 15.1. The summed E-state index contributed by atoms with van der Waals surface area (Å²) < 4.78 is 0. The van der Waals surface area contributed by atoms with Crippen molar-refractivity contribution in [3.63, 3.8) is 0 Å². The first-order valence-corrected chi connectivity index (χ1v) is 8.66. The van der Waals surface area contributed by atoms with Crippen molar-refractivity contribution in [3.05, 3.63) is 34.9 Å². The van der Waals surface area contributed by atoms with Gasteiger partial charge in [-0.1, -0.05) is 24.5 Å². The zero-order valence-electron chi connectivity index (χ0n) is 13.9. The van der Waals surface area contributed by atoms with Crippen LogP contribution < -0.4 is 0 Å². The summed E-state index contributed by atoms with van der Waals surface area (Å²) in [5, 5.41) is 0. The fraction of sp³-hybridized carbons (Fsp3) is 0.667. The Morgan fingerprint density at radius 1 is 1.24 bits per heavy atom. The summed E-state index contributed by atoms with van der Waals surface area (Å²) in [5.41, 5.74) is 4.58. The number of likely N-dealkylation sites (N-methyl/N-ethyl adjacent to an activating group) is 1. The molecular weight excluding hydrogens is 255 g/mol. The molecule has 3 heteroatoms. The number of benzene rings is 1. The molecule has 0 spiro atoms. The van der Waals surface area contributed by atoms with E-state index in [1.807, 2.05) is 0 Å². The average molecular weight is 284 g/mol. The van der Waals surface area contributed by atoms with E-state index in [4.69, 9.17) is 0 Å². The van der Waals surface area contributed by atoms with Gasteiger partial charge in [0, 0.05) is 25.7 Å². The molecule has 1 atom stereocenters. The molecule has 2 nitrogen and oxygen atoms in total. The van der Waals surface area contributed by atoms with Crippen molar-refractivity contribution in [3.8, 4) is 0 Å². The van der Waals surface area contributed by atoms with Crippen molar-refractivity contribution in [1.82, 2.24) is 9.80 Å². The van der Waals surface area contributed by atoms with Crippen molar-refractivity contribution in [2.45, 2.75) is 38.5 Å². The lowest BCUT2D eigenvalue weighted by molar-refractivity contribution is 0.0570. The van der Waals surface area contributed by atoms with Crippen LogP contribution in [0, 0.1) is 12.8 Å². The zero-order valence-corrected chi connectivity index (χ0v) is 13.9. The predicted molar refractivity (Wildman–Crippen MR) is 92.9 cm³/mol. The first-order valence-electron chi connectivity index (χ1n) is 8.66. The van der Waals surface area contributed by atoms with Crippen molar-refractivity contribution >= 4 is 7.85 Å². The molecule has 0 saturated carbocycles. The fourth-order valence-corrected chi connectivity index (χ4v) is 3.99. The Bertz CT molecular complexity index is 482. The molecular formula is C18H29BN2. The molecule has 0 bridgehead atoms. The number of likely N-dealkylation sites (tertiary alicyclic amines) is 2. The van der Waals surface area contributed by atoms with Gasteiger partial charge in [-0.2, -0.15) is 0 Å². The largest absolute Gasteiger partial charge is 0.305 e. The van der Waals surface area contributed by atoms with Gasteiger partial charge in [-0.3, -0.25) is 4.90 Å². The maximum Gasteiger partial charge on any atom is 0.101 e. The predicted octanol–water partition coefficient (Wildman–Crippen LogP) is 1.77. The maximum atomic E-state index is 2.70. The highest BCUT2D eigenvalue weighted by molar-refractivity contribution is 6.08. The Labute approximate surface area is 130 Å². The van der Waals surface area contributed by atoms with Crippen molar-refractivity contribution in [1.29, 1.82) is 0 Å². The Balaban J connectivity index is 1.50. The minimum atomic E-state index is 0.833. The van der Waals surface area contributed by atoms with E-state index in [0.29, 0.717) is 0 Å². The molecule has 2 heterocycles. The molecule has 0 aliphatic carbocycles. The van der Waals surface area contributed by atoms with E-state index in [0.717, 1.165) is 12.0 Å². The van der Waals surface area contributed by atoms with Gasteiger partial charge in [0.05, 0.1) is 0 Å². The van der Waals surface area contributed by atoms with E-state index in [1.165, 1.54) is 62.9 Å². The summed E-state index contributed by atoms with van der Waals surface area (Å²) in [6, 6.07) is 7.96. The van der Waals surface area contributed by atoms with Crippen LogP contribution in [0.5, 0.6) is 0 Å². The third-order valence-electron chi connectivity index (χ3n) is 5.32. The third kappa shape index (κ3) is 3.52. The Hall–Kier alpha value is -0.795. The summed E-state index contributed by atoms with van der Waals surface area (Å²) in [6.07, 6.45) is 5.10. The lowest BCUT2D eigenvalue weighted by Crippen LogP contribution is -2.53. The molecule has 3 rings (SSSR count). The van der Waals surface area contributed by atoms with Crippen LogP contribution in [-0.2, 0) is 12.8 Å². The lowest BCUT2D eigenvalue weighted by Gasteiger charge is -2.43. The summed E-state index contributed by atoms with van der Waals surface area (Å²) in [7, 11) is 4.51. The van der Waals surface area contributed by atoms with Gasteiger partial charge in [0.15, 0.2) is 0 Å². The monoisotopic (exact) mass is 284 g/mol. The molecule has 0 radical (unpaired) electrons. The van der Waals surface area contributed by atoms with E-state index in [2.05, 4.69) is 49.8 Å². The van der Waals surface area contributed by atoms with Gasteiger partial charge in [-0.25, -0.2) is 0 Å². The highest BCUT2D eigenvalue weighted by atomic mass is 15.3.